The molecule has 3 saturated heterocycles. The van der Waals surface area contributed by atoms with Crippen molar-refractivity contribution in [2.75, 3.05) is 6.61 Å². The van der Waals surface area contributed by atoms with Gasteiger partial charge in [0.05, 0.1) is 12.2 Å². The first-order chi connectivity index (χ1) is 12.3. The van der Waals surface area contributed by atoms with Crippen LogP contribution in [-0.2, 0) is 56.5 Å². The van der Waals surface area contributed by atoms with Crippen molar-refractivity contribution >= 4 is 5.97 Å². The van der Waals surface area contributed by atoms with Crippen molar-refractivity contribution in [3.8, 4) is 0 Å². The second-order valence-electron chi connectivity index (χ2n) is 10.0. The molecule has 1 radical (unpaired) electrons. The van der Waals surface area contributed by atoms with E-state index in [1.807, 2.05) is 0 Å². The van der Waals surface area contributed by atoms with E-state index in [0.717, 1.165) is 24.8 Å². The average Bonchev–Trinajstić information content (AvgIpc) is 3.47. The number of hydrogen-bond donors (Lipinski definition) is 0. The van der Waals surface area contributed by atoms with Crippen molar-refractivity contribution in [3.63, 3.8) is 0 Å². The van der Waals surface area contributed by atoms with Gasteiger partial charge in [-0.15, -0.1) is 0 Å². The van der Waals surface area contributed by atoms with Crippen LogP contribution in [0.1, 0.15) is 47.0 Å². The Labute approximate surface area is 184 Å². The molecule has 4 heterocycles. The van der Waals surface area contributed by atoms with Gasteiger partial charge in [0.1, 0.15) is 18.3 Å². The van der Waals surface area contributed by atoms with Gasteiger partial charge in [-0.1, -0.05) is 20.8 Å². The third-order valence-electron chi connectivity index (χ3n) is 9.27. The van der Waals surface area contributed by atoms with Crippen LogP contribution in [0.25, 0.3) is 0 Å². The van der Waals surface area contributed by atoms with Crippen LogP contribution in [0.5, 0.6) is 0 Å². The molecule has 27 heavy (non-hydrogen) atoms. The van der Waals surface area contributed by atoms with Gasteiger partial charge in [-0.2, -0.15) is 6.92 Å². The quantitative estimate of drug-likeness (QED) is 0.352. The molecule has 0 aromatic heterocycles. The number of carbonyl (C=O) groups is 1. The van der Waals surface area contributed by atoms with Gasteiger partial charge in [-0.3, -0.25) is 0 Å². The molecular weight excluding hydrogens is 421 g/mol. The normalized spacial score (nSPS) is 58.8. The molecule has 8 atom stereocenters. The van der Waals surface area contributed by atoms with Crippen molar-refractivity contribution in [2.45, 2.75) is 82.1 Å². The fourth-order valence-electron chi connectivity index (χ4n) is 7.94. The van der Waals surface area contributed by atoms with E-state index in [1.165, 1.54) is 11.5 Å². The Morgan fingerprint density at radius 2 is 1.96 bits per heavy atom. The summed E-state index contributed by atoms with van der Waals surface area (Å²) in [7, 11) is 0. The van der Waals surface area contributed by atoms with E-state index in [4.69, 9.17) is 18.9 Å². The van der Waals surface area contributed by atoms with E-state index >= 15 is 0 Å². The summed E-state index contributed by atoms with van der Waals surface area (Å²) >= 11 is 0. The fourth-order valence-corrected chi connectivity index (χ4v) is 7.94. The number of ether oxygens (including phenoxy) is 4. The molecule has 0 aromatic carbocycles. The minimum absolute atomic E-state index is 0. The van der Waals surface area contributed by atoms with E-state index in [-0.39, 0.29) is 79.2 Å². The first-order valence-corrected chi connectivity index (χ1v) is 10.1. The number of hydrogen-bond acceptors (Lipinski definition) is 5. The van der Waals surface area contributed by atoms with Crippen molar-refractivity contribution in [1.82, 2.24) is 0 Å². The second-order valence-corrected chi connectivity index (χ2v) is 10.0. The third kappa shape index (κ3) is 1.53. The molecule has 2 spiro atoms. The van der Waals surface area contributed by atoms with Crippen molar-refractivity contribution in [3.05, 3.63) is 17.1 Å². The molecule has 2 saturated carbocycles. The van der Waals surface area contributed by atoms with Crippen LogP contribution in [0.4, 0.5) is 0 Å². The molecule has 0 amide bonds. The first-order valence-electron chi connectivity index (χ1n) is 10.1. The standard InChI is InChI=1S/C21H25O5.Y/c1-9(2)19-10(3)20-14(24-20)7-13-12-8-23-17(22)11(12)5-6-18(13,4)21(20)16(26-21)15(19)25-19;/h9,13-16H,5-8H2,1-4H3;/q-1;/t13-,14-,15-,16-,18-,19+,20-,21+;/m0./s1. The largest absolute Gasteiger partial charge is 0.458 e. The van der Waals surface area contributed by atoms with Gasteiger partial charge < -0.3 is 18.9 Å². The van der Waals surface area contributed by atoms with Gasteiger partial charge in [0.2, 0.25) is 0 Å². The van der Waals surface area contributed by atoms with E-state index < -0.39 is 0 Å². The molecule has 4 aliphatic heterocycles. The Bertz CT molecular complexity index is 823. The molecule has 5 fully saturated rings. The summed E-state index contributed by atoms with van der Waals surface area (Å²) in [5.74, 6) is 2.02. The van der Waals surface area contributed by atoms with Gasteiger partial charge in [-0.05, 0) is 42.3 Å². The van der Waals surface area contributed by atoms with E-state index in [2.05, 4.69) is 27.7 Å². The predicted molar refractivity (Wildman–Crippen MR) is 90.0 cm³/mol. The molecule has 0 bridgehead atoms. The molecule has 0 aromatic rings. The van der Waals surface area contributed by atoms with E-state index in [1.54, 1.807) is 0 Å². The maximum Gasteiger partial charge on any atom is 0.334 e. The summed E-state index contributed by atoms with van der Waals surface area (Å²) < 4.78 is 24.9. The van der Waals surface area contributed by atoms with Gasteiger partial charge in [0.15, 0.2) is 0 Å². The molecule has 143 valence electrons. The molecule has 7 aliphatic rings. The van der Waals surface area contributed by atoms with Crippen molar-refractivity contribution in [1.29, 1.82) is 0 Å². The van der Waals surface area contributed by atoms with Crippen LogP contribution < -0.4 is 0 Å². The van der Waals surface area contributed by atoms with Crippen LogP contribution in [-0.4, -0.2) is 47.7 Å². The molecule has 3 aliphatic carbocycles. The summed E-state index contributed by atoms with van der Waals surface area (Å²) in [4.78, 5) is 12.1. The van der Waals surface area contributed by atoms with Crippen LogP contribution in [0, 0.1) is 23.2 Å². The smallest absolute Gasteiger partial charge is 0.334 e. The van der Waals surface area contributed by atoms with Gasteiger partial charge in [0, 0.05) is 49.3 Å². The second kappa shape index (κ2) is 4.75. The maximum atomic E-state index is 12.1. The van der Waals surface area contributed by atoms with Crippen LogP contribution in [0.15, 0.2) is 11.1 Å². The number of epoxide rings is 3. The Balaban J connectivity index is 0.00000146. The zero-order valence-corrected chi connectivity index (χ0v) is 19.2. The predicted octanol–water partition coefficient (Wildman–Crippen LogP) is 2.33. The summed E-state index contributed by atoms with van der Waals surface area (Å²) in [6.45, 7) is 9.59. The Morgan fingerprint density at radius 3 is 2.70 bits per heavy atom. The zero-order valence-electron chi connectivity index (χ0n) is 16.3. The van der Waals surface area contributed by atoms with E-state index in [9.17, 15) is 4.79 Å². The Morgan fingerprint density at radius 1 is 1.19 bits per heavy atom. The summed E-state index contributed by atoms with van der Waals surface area (Å²) in [5.41, 5.74) is 1.43. The number of carbonyl (C=O) groups excluding carboxylic acids is 1. The molecular formula is C21H25O5Y-. The number of cyclic esters (lactones) is 1. The molecule has 6 heteroatoms. The summed E-state index contributed by atoms with van der Waals surface area (Å²) in [6.07, 6.45) is 3.24. The molecule has 5 nitrogen and oxygen atoms in total. The van der Waals surface area contributed by atoms with Gasteiger partial charge in [-0.25, -0.2) is 10.7 Å². The van der Waals surface area contributed by atoms with Crippen LogP contribution in [0.2, 0.25) is 0 Å². The third-order valence-corrected chi connectivity index (χ3v) is 9.27. The number of rotatable bonds is 1. The van der Waals surface area contributed by atoms with Gasteiger partial charge >= 0.3 is 5.97 Å². The fraction of sp³-hybridized carbons (Fsp3) is 0.810. The average molecular weight is 446 g/mol. The Kier molecular flexibility index (Phi) is 3.16. The van der Waals surface area contributed by atoms with Crippen molar-refractivity contribution < 1.29 is 56.5 Å². The van der Waals surface area contributed by atoms with Crippen LogP contribution >= 0.6 is 0 Å². The van der Waals surface area contributed by atoms with Crippen LogP contribution in [0.3, 0.4) is 0 Å². The number of esters is 1. The van der Waals surface area contributed by atoms with Gasteiger partial charge in [0.25, 0.3) is 0 Å². The first kappa shape index (κ1) is 18.0. The monoisotopic (exact) mass is 446 g/mol. The number of fused-ring (bicyclic) bond motifs is 4. The SMILES string of the molecule is C[C-]1[C@@]2(C(C)C)O[C@H]2[C@@H]2O[C@@]23[C@@]2(C)CCC4=C(COC4=O)[C@@H]2C[C@@H]2O[C@@]123.[Y]. The van der Waals surface area contributed by atoms with Crippen molar-refractivity contribution in [2.24, 2.45) is 17.3 Å². The van der Waals surface area contributed by atoms with E-state index in [0.29, 0.717) is 18.4 Å². The minimum atomic E-state index is -0.276. The molecule has 0 N–H and O–H groups in total. The minimum Gasteiger partial charge on any atom is -0.458 e. The summed E-state index contributed by atoms with van der Waals surface area (Å²) in [6, 6.07) is 0. The maximum absolute atomic E-state index is 12.1. The molecule has 0 unspecified atom stereocenters. The Hall–Kier alpha value is 0.194. The topological polar surface area (TPSA) is 63.9 Å². The molecule has 7 rings (SSSR count). The zero-order chi connectivity index (χ0) is 17.9. The summed E-state index contributed by atoms with van der Waals surface area (Å²) in [5, 5.41) is 0.